The number of carbonyl (C=O) groups is 1. The van der Waals surface area contributed by atoms with Gasteiger partial charge in [-0.3, -0.25) is 9.78 Å². The van der Waals surface area contributed by atoms with Crippen molar-refractivity contribution in [2.45, 2.75) is 24.9 Å². The standard InChI is InChI=1S/C23H17F3N4O/c24-23(25,26)15-4-1-5-16(12-15)30-21(14-9-10-14)18(13-28-30)22(31)29-20-8-2-7-19-17(20)6-3-11-27-19/h1-8,11-14H,9-10H2,(H,29,31). The molecule has 1 amide bonds. The first-order valence-corrected chi connectivity index (χ1v) is 9.82. The molecule has 0 bridgehead atoms. The lowest BCUT2D eigenvalue weighted by Crippen LogP contribution is -2.15. The van der Waals surface area contributed by atoms with Crippen LogP contribution in [0.1, 0.15) is 40.4 Å². The number of carbonyl (C=O) groups excluding carboxylic acids is 1. The summed E-state index contributed by atoms with van der Waals surface area (Å²) in [6.07, 6.45) is 0.378. The first kappa shape index (κ1) is 19.3. The molecule has 0 aliphatic heterocycles. The topological polar surface area (TPSA) is 59.8 Å². The normalized spacial score (nSPS) is 14.0. The van der Waals surface area contributed by atoms with E-state index in [1.807, 2.05) is 12.1 Å². The molecule has 2 aromatic carbocycles. The van der Waals surface area contributed by atoms with Gasteiger partial charge in [-0.1, -0.05) is 12.1 Å². The number of hydrogen-bond donors (Lipinski definition) is 1. The van der Waals surface area contributed by atoms with Crippen LogP contribution in [0, 0.1) is 0 Å². The molecule has 0 radical (unpaired) electrons. The predicted molar refractivity (Wildman–Crippen MR) is 110 cm³/mol. The number of aromatic nitrogens is 3. The van der Waals surface area contributed by atoms with Gasteiger partial charge in [-0.15, -0.1) is 0 Å². The average molecular weight is 422 g/mol. The van der Waals surface area contributed by atoms with Gasteiger partial charge in [-0.05, 0) is 55.3 Å². The quantitative estimate of drug-likeness (QED) is 0.468. The smallest absolute Gasteiger partial charge is 0.321 e. The molecule has 4 aromatic rings. The second-order valence-electron chi connectivity index (χ2n) is 7.51. The van der Waals surface area contributed by atoms with Crippen molar-refractivity contribution in [3.8, 4) is 5.69 Å². The highest BCUT2D eigenvalue weighted by atomic mass is 19.4. The summed E-state index contributed by atoms with van der Waals surface area (Å²) in [5.41, 5.74) is 1.89. The zero-order valence-corrected chi connectivity index (χ0v) is 16.2. The maximum atomic E-state index is 13.2. The number of nitrogens with zero attached hydrogens (tertiary/aromatic N) is 3. The van der Waals surface area contributed by atoms with Crippen LogP contribution < -0.4 is 5.32 Å². The van der Waals surface area contributed by atoms with Crippen molar-refractivity contribution >= 4 is 22.5 Å². The van der Waals surface area contributed by atoms with Gasteiger partial charge in [-0.25, -0.2) is 4.68 Å². The van der Waals surface area contributed by atoms with E-state index in [2.05, 4.69) is 15.4 Å². The molecule has 0 atom stereocenters. The van der Waals surface area contributed by atoms with Crippen LogP contribution in [0.5, 0.6) is 0 Å². The van der Waals surface area contributed by atoms with Crippen LogP contribution in [0.3, 0.4) is 0 Å². The minimum Gasteiger partial charge on any atom is -0.321 e. The number of nitrogens with one attached hydrogen (secondary N) is 1. The van der Waals surface area contributed by atoms with Crippen LogP contribution >= 0.6 is 0 Å². The van der Waals surface area contributed by atoms with E-state index in [1.165, 1.54) is 16.9 Å². The maximum Gasteiger partial charge on any atom is 0.416 e. The molecular formula is C23H17F3N4O. The fourth-order valence-electron chi connectivity index (χ4n) is 3.70. The number of fused-ring (bicyclic) bond motifs is 1. The molecule has 31 heavy (non-hydrogen) atoms. The Hall–Kier alpha value is -3.68. The number of halogens is 3. The van der Waals surface area contributed by atoms with Crippen LogP contribution in [-0.2, 0) is 6.18 Å². The first-order chi connectivity index (χ1) is 14.9. The molecule has 1 saturated carbocycles. The Labute approximate surface area is 175 Å². The summed E-state index contributed by atoms with van der Waals surface area (Å²) >= 11 is 0. The minimum absolute atomic E-state index is 0.0898. The van der Waals surface area contributed by atoms with Gasteiger partial charge in [0.05, 0.1) is 39.9 Å². The lowest BCUT2D eigenvalue weighted by atomic mass is 10.1. The Balaban J connectivity index is 1.53. The molecule has 1 aliphatic rings. The molecule has 2 aromatic heterocycles. The molecule has 5 rings (SSSR count). The van der Waals surface area contributed by atoms with E-state index in [-0.39, 0.29) is 17.5 Å². The molecule has 1 fully saturated rings. The van der Waals surface area contributed by atoms with Crippen molar-refractivity contribution < 1.29 is 18.0 Å². The summed E-state index contributed by atoms with van der Waals surface area (Å²) in [6, 6.07) is 14.1. The van der Waals surface area contributed by atoms with Gasteiger partial charge in [0, 0.05) is 17.5 Å². The molecule has 2 heterocycles. The summed E-state index contributed by atoms with van der Waals surface area (Å²) in [4.78, 5) is 17.4. The molecule has 0 unspecified atom stereocenters. The van der Waals surface area contributed by atoms with Gasteiger partial charge in [0.1, 0.15) is 0 Å². The molecule has 8 heteroatoms. The number of rotatable bonds is 4. The van der Waals surface area contributed by atoms with E-state index in [1.54, 1.807) is 30.5 Å². The van der Waals surface area contributed by atoms with Crippen molar-refractivity contribution in [3.63, 3.8) is 0 Å². The fraction of sp³-hybridized carbons (Fsp3) is 0.174. The highest BCUT2D eigenvalue weighted by molar-refractivity contribution is 6.09. The number of benzene rings is 2. The number of pyridine rings is 1. The monoisotopic (exact) mass is 422 g/mol. The van der Waals surface area contributed by atoms with E-state index in [0.29, 0.717) is 16.9 Å². The Morgan fingerprint density at radius 3 is 2.65 bits per heavy atom. The van der Waals surface area contributed by atoms with Crippen molar-refractivity contribution in [2.75, 3.05) is 5.32 Å². The largest absolute Gasteiger partial charge is 0.416 e. The van der Waals surface area contributed by atoms with E-state index in [9.17, 15) is 18.0 Å². The zero-order valence-electron chi connectivity index (χ0n) is 16.2. The third-order valence-electron chi connectivity index (χ3n) is 5.33. The minimum atomic E-state index is -4.45. The summed E-state index contributed by atoms with van der Waals surface area (Å²) in [7, 11) is 0. The van der Waals surface area contributed by atoms with Crippen molar-refractivity contribution in [3.05, 3.63) is 83.8 Å². The van der Waals surface area contributed by atoms with Gasteiger partial charge in [0.2, 0.25) is 0 Å². The molecule has 1 aliphatic carbocycles. The highest BCUT2D eigenvalue weighted by Gasteiger charge is 2.34. The Morgan fingerprint density at radius 2 is 1.87 bits per heavy atom. The number of amides is 1. The van der Waals surface area contributed by atoms with Gasteiger partial charge >= 0.3 is 6.18 Å². The number of alkyl halides is 3. The van der Waals surface area contributed by atoms with E-state index in [4.69, 9.17) is 0 Å². The summed E-state index contributed by atoms with van der Waals surface area (Å²) < 4.78 is 40.9. The van der Waals surface area contributed by atoms with Crippen LogP contribution in [-0.4, -0.2) is 20.7 Å². The number of anilines is 1. The highest BCUT2D eigenvalue weighted by Crippen LogP contribution is 2.43. The Morgan fingerprint density at radius 1 is 1.06 bits per heavy atom. The van der Waals surface area contributed by atoms with Crippen molar-refractivity contribution in [1.29, 1.82) is 0 Å². The first-order valence-electron chi connectivity index (χ1n) is 9.82. The van der Waals surface area contributed by atoms with E-state index >= 15 is 0 Å². The summed E-state index contributed by atoms with van der Waals surface area (Å²) in [5.74, 6) is -0.261. The molecule has 5 nitrogen and oxygen atoms in total. The Kier molecular flexibility index (Phi) is 4.50. The number of hydrogen-bond acceptors (Lipinski definition) is 3. The summed E-state index contributed by atoms with van der Waals surface area (Å²) in [6.45, 7) is 0. The van der Waals surface area contributed by atoms with E-state index < -0.39 is 11.7 Å². The second-order valence-corrected chi connectivity index (χ2v) is 7.51. The van der Waals surface area contributed by atoms with Crippen LogP contribution in [0.25, 0.3) is 16.6 Å². The zero-order chi connectivity index (χ0) is 21.6. The molecular weight excluding hydrogens is 405 g/mol. The van der Waals surface area contributed by atoms with Gasteiger partial charge in [-0.2, -0.15) is 18.3 Å². The van der Waals surface area contributed by atoms with Crippen LogP contribution in [0.2, 0.25) is 0 Å². The van der Waals surface area contributed by atoms with Crippen LogP contribution in [0.15, 0.2) is 67.0 Å². The second kappa shape index (κ2) is 7.23. The van der Waals surface area contributed by atoms with E-state index in [0.717, 1.165) is 35.9 Å². The molecule has 1 N–H and O–H groups in total. The lowest BCUT2D eigenvalue weighted by molar-refractivity contribution is -0.137. The third-order valence-corrected chi connectivity index (χ3v) is 5.33. The van der Waals surface area contributed by atoms with Crippen molar-refractivity contribution in [1.82, 2.24) is 14.8 Å². The fourth-order valence-corrected chi connectivity index (χ4v) is 3.70. The molecule has 0 spiro atoms. The lowest BCUT2D eigenvalue weighted by Gasteiger charge is -2.12. The molecule has 0 saturated heterocycles. The predicted octanol–water partition coefficient (Wildman–Crippen LogP) is 5.57. The maximum absolute atomic E-state index is 13.2. The molecule has 156 valence electrons. The Bertz CT molecular complexity index is 1290. The summed E-state index contributed by atoms with van der Waals surface area (Å²) in [5, 5.41) is 7.99. The average Bonchev–Trinajstić information content (AvgIpc) is 3.51. The SMILES string of the molecule is O=C(Nc1cccc2ncccc12)c1cnn(-c2cccc(C(F)(F)F)c2)c1C1CC1. The van der Waals surface area contributed by atoms with Crippen LogP contribution in [0.4, 0.5) is 18.9 Å². The van der Waals surface area contributed by atoms with Crippen molar-refractivity contribution in [2.24, 2.45) is 0 Å². The third kappa shape index (κ3) is 3.65. The van der Waals surface area contributed by atoms with Gasteiger partial charge in [0.25, 0.3) is 5.91 Å². The van der Waals surface area contributed by atoms with Gasteiger partial charge in [0.15, 0.2) is 0 Å². The van der Waals surface area contributed by atoms with Gasteiger partial charge < -0.3 is 5.32 Å².